The van der Waals surface area contributed by atoms with Gasteiger partial charge in [-0.15, -0.1) is 0 Å². The van der Waals surface area contributed by atoms with Gasteiger partial charge in [-0.1, -0.05) is 24.3 Å². The van der Waals surface area contributed by atoms with Crippen LogP contribution < -0.4 is 0 Å². The van der Waals surface area contributed by atoms with Crippen molar-refractivity contribution >= 4 is 5.78 Å². The number of carbonyl (C=O) groups is 1. The van der Waals surface area contributed by atoms with Crippen LogP contribution in [0.5, 0.6) is 0 Å². The van der Waals surface area contributed by atoms with Gasteiger partial charge in [-0.25, -0.2) is 8.78 Å². The van der Waals surface area contributed by atoms with E-state index in [2.05, 4.69) is 0 Å². The number of hydrogen-bond acceptors (Lipinski definition) is 1. The first-order chi connectivity index (χ1) is 8.63. The van der Waals surface area contributed by atoms with Crippen LogP contribution in [0.2, 0.25) is 0 Å². The minimum absolute atomic E-state index is 0.0211. The molecule has 0 aliphatic rings. The van der Waals surface area contributed by atoms with E-state index in [-0.39, 0.29) is 30.3 Å². The topological polar surface area (TPSA) is 17.1 Å². The molecule has 0 atom stereocenters. The molecule has 18 heavy (non-hydrogen) atoms. The van der Waals surface area contributed by atoms with Crippen LogP contribution in [0, 0.1) is 11.6 Å². The third-order valence-corrected chi connectivity index (χ3v) is 2.60. The monoisotopic (exact) mass is 246 g/mol. The number of Topliss-reactive ketones (excluding diaryl/α,β-unsaturated/α-hetero) is 1. The quantitative estimate of drug-likeness (QED) is 0.808. The molecule has 2 rings (SSSR count). The summed E-state index contributed by atoms with van der Waals surface area (Å²) in [6.07, 6.45) is 0.423. The molecule has 0 heterocycles. The van der Waals surface area contributed by atoms with Gasteiger partial charge in [-0.2, -0.15) is 0 Å². The van der Waals surface area contributed by atoms with Crippen molar-refractivity contribution in [3.8, 4) is 0 Å². The lowest BCUT2D eigenvalue weighted by molar-refractivity contribution is -0.117. The lowest BCUT2D eigenvalue weighted by atomic mass is 10.0. The van der Waals surface area contributed by atoms with E-state index in [1.165, 1.54) is 24.3 Å². The van der Waals surface area contributed by atoms with Gasteiger partial charge in [0, 0.05) is 12.8 Å². The Morgan fingerprint density at radius 1 is 0.833 bits per heavy atom. The minimum Gasteiger partial charge on any atom is -0.299 e. The van der Waals surface area contributed by atoms with E-state index < -0.39 is 0 Å². The Morgan fingerprint density at radius 3 is 2.17 bits per heavy atom. The molecule has 0 aromatic heterocycles. The molecule has 2 aromatic carbocycles. The first-order valence-corrected chi connectivity index (χ1v) is 5.64. The van der Waals surface area contributed by atoms with Gasteiger partial charge in [0.25, 0.3) is 0 Å². The van der Waals surface area contributed by atoms with Crippen LogP contribution in [0.15, 0.2) is 48.5 Å². The van der Waals surface area contributed by atoms with Crippen molar-refractivity contribution in [3.63, 3.8) is 0 Å². The average Bonchev–Trinajstić information content (AvgIpc) is 2.32. The minimum atomic E-state index is -0.345. The molecule has 92 valence electrons. The number of benzene rings is 2. The Morgan fingerprint density at radius 2 is 1.50 bits per heavy atom. The van der Waals surface area contributed by atoms with Crippen molar-refractivity contribution in [3.05, 3.63) is 71.3 Å². The molecule has 0 spiro atoms. The summed E-state index contributed by atoms with van der Waals surface area (Å²) in [6, 6.07) is 11.8. The fourth-order valence-electron chi connectivity index (χ4n) is 1.77. The first-order valence-electron chi connectivity index (χ1n) is 5.64. The molecule has 1 nitrogen and oxygen atoms in total. The Bertz CT molecular complexity index is 547. The number of ketones is 1. The summed E-state index contributed by atoms with van der Waals surface area (Å²) >= 11 is 0. The average molecular weight is 246 g/mol. The van der Waals surface area contributed by atoms with Gasteiger partial charge in [0.1, 0.15) is 17.4 Å². The third-order valence-electron chi connectivity index (χ3n) is 2.60. The highest BCUT2D eigenvalue weighted by atomic mass is 19.1. The summed E-state index contributed by atoms with van der Waals surface area (Å²) in [6.45, 7) is 0. The van der Waals surface area contributed by atoms with Gasteiger partial charge in [0.15, 0.2) is 0 Å². The number of carbonyl (C=O) groups excluding carboxylic acids is 1. The fourth-order valence-corrected chi connectivity index (χ4v) is 1.77. The molecule has 0 amide bonds. The molecule has 0 N–H and O–H groups in total. The van der Waals surface area contributed by atoms with Crippen molar-refractivity contribution in [2.45, 2.75) is 12.8 Å². The van der Waals surface area contributed by atoms with Crippen molar-refractivity contribution in [1.82, 2.24) is 0 Å². The molecular weight excluding hydrogens is 234 g/mol. The van der Waals surface area contributed by atoms with Gasteiger partial charge < -0.3 is 0 Å². The van der Waals surface area contributed by atoms with Crippen LogP contribution in [-0.2, 0) is 17.6 Å². The summed E-state index contributed by atoms with van der Waals surface area (Å²) in [5.74, 6) is -0.689. The molecule has 0 saturated heterocycles. The summed E-state index contributed by atoms with van der Waals surface area (Å²) in [7, 11) is 0. The lowest BCUT2D eigenvalue weighted by Crippen LogP contribution is -2.06. The summed E-state index contributed by atoms with van der Waals surface area (Å²) in [5, 5.41) is 0. The Labute approximate surface area is 104 Å². The van der Waals surface area contributed by atoms with Gasteiger partial charge in [-0.3, -0.25) is 4.79 Å². The normalized spacial score (nSPS) is 10.3. The van der Waals surface area contributed by atoms with Crippen LogP contribution in [0.4, 0.5) is 8.78 Å². The van der Waals surface area contributed by atoms with Crippen molar-refractivity contribution in [1.29, 1.82) is 0 Å². The molecule has 0 fully saturated rings. The van der Waals surface area contributed by atoms with E-state index >= 15 is 0 Å². The van der Waals surface area contributed by atoms with E-state index in [1.807, 2.05) is 0 Å². The van der Waals surface area contributed by atoms with Gasteiger partial charge in [-0.05, 0) is 35.4 Å². The van der Waals surface area contributed by atoms with Crippen molar-refractivity contribution in [2.75, 3.05) is 0 Å². The molecule has 2 aromatic rings. The van der Waals surface area contributed by atoms with E-state index in [1.54, 1.807) is 24.3 Å². The SMILES string of the molecule is O=C(Cc1ccc(F)cc1)Cc1cccc(F)c1. The van der Waals surface area contributed by atoms with Gasteiger partial charge >= 0.3 is 0 Å². The van der Waals surface area contributed by atoms with Crippen molar-refractivity contribution in [2.24, 2.45) is 0 Å². The molecule has 0 radical (unpaired) electrons. The van der Waals surface area contributed by atoms with Gasteiger partial charge in [0.05, 0.1) is 0 Å². The number of halogens is 2. The Kier molecular flexibility index (Phi) is 3.82. The molecule has 3 heteroatoms. The highest BCUT2D eigenvalue weighted by molar-refractivity contribution is 5.83. The second-order valence-electron chi connectivity index (χ2n) is 4.15. The smallest absolute Gasteiger partial charge is 0.141 e. The van der Waals surface area contributed by atoms with Crippen LogP contribution in [-0.4, -0.2) is 5.78 Å². The van der Waals surface area contributed by atoms with Gasteiger partial charge in [0.2, 0.25) is 0 Å². The first kappa shape index (κ1) is 12.4. The van der Waals surface area contributed by atoms with Crippen LogP contribution in [0.25, 0.3) is 0 Å². The van der Waals surface area contributed by atoms with Crippen LogP contribution in [0.3, 0.4) is 0 Å². The maximum absolute atomic E-state index is 12.9. The molecular formula is C15H12F2O. The van der Waals surface area contributed by atoms with Crippen molar-refractivity contribution < 1.29 is 13.6 Å². The van der Waals surface area contributed by atoms with E-state index in [0.29, 0.717) is 5.56 Å². The lowest BCUT2D eigenvalue weighted by Gasteiger charge is -2.02. The predicted octanol–water partition coefficient (Wildman–Crippen LogP) is 3.32. The zero-order chi connectivity index (χ0) is 13.0. The Hall–Kier alpha value is -2.03. The van der Waals surface area contributed by atoms with Crippen LogP contribution in [0.1, 0.15) is 11.1 Å². The largest absolute Gasteiger partial charge is 0.299 e. The predicted molar refractivity (Wildman–Crippen MR) is 65.2 cm³/mol. The zero-order valence-corrected chi connectivity index (χ0v) is 9.70. The maximum atomic E-state index is 12.9. The second kappa shape index (κ2) is 5.54. The van der Waals surface area contributed by atoms with E-state index in [9.17, 15) is 13.6 Å². The molecule has 0 bridgehead atoms. The fraction of sp³-hybridized carbons (Fsp3) is 0.133. The molecule has 0 aliphatic heterocycles. The molecule has 0 unspecified atom stereocenters. The summed E-state index contributed by atoms with van der Waals surface area (Å²) in [4.78, 5) is 11.8. The summed E-state index contributed by atoms with van der Waals surface area (Å²) < 4.78 is 25.6. The third kappa shape index (κ3) is 3.48. The molecule has 0 saturated carbocycles. The highest BCUT2D eigenvalue weighted by Gasteiger charge is 2.06. The molecule has 0 aliphatic carbocycles. The van der Waals surface area contributed by atoms with Crippen LogP contribution >= 0.6 is 0 Å². The standard InChI is InChI=1S/C15H12F2O/c16-13-6-4-11(5-7-13)9-15(18)10-12-2-1-3-14(17)8-12/h1-8H,9-10H2. The number of hydrogen-bond donors (Lipinski definition) is 0. The van der Waals surface area contributed by atoms with E-state index in [4.69, 9.17) is 0 Å². The highest BCUT2D eigenvalue weighted by Crippen LogP contribution is 2.08. The zero-order valence-electron chi connectivity index (χ0n) is 9.70. The number of rotatable bonds is 4. The second-order valence-corrected chi connectivity index (χ2v) is 4.15. The van der Waals surface area contributed by atoms with E-state index in [0.717, 1.165) is 5.56 Å². The maximum Gasteiger partial charge on any atom is 0.141 e. The summed E-state index contributed by atoms with van der Waals surface area (Å²) in [5.41, 5.74) is 1.42. The Balaban J connectivity index is 1.98.